The predicted octanol–water partition coefficient (Wildman–Crippen LogP) is 2.40. The predicted molar refractivity (Wildman–Crippen MR) is 42.2 cm³/mol. The first-order valence-electron chi connectivity index (χ1n) is 2.87. The summed E-state index contributed by atoms with van der Waals surface area (Å²) in [6.45, 7) is 6.56. The SMILES string of the molecule is [C-]#[N+]Cc1cc(Br)cnc1F. The van der Waals surface area contributed by atoms with Gasteiger partial charge >= 0.3 is 0 Å². The quantitative estimate of drug-likeness (QED) is 0.519. The van der Waals surface area contributed by atoms with Crippen LogP contribution in [0.3, 0.4) is 0 Å². The van der Waals surface area contributed by atoms with E-state index in [1.165, 1.54) is 6.20 Å². The second kappa shape index (κ2) is 3.44. The molecule has 0 amide bonds. The van der Waals surface area contributed by atoms with E-state index in [0.717, 1.165) is 0 Å². The summed E-state index contributed by atoms with van der Waals surface area (Å²) in [5, 5.41) is 0. The van der Waals surface area contributed by atoms with Gasteiger partial charge in [-0.05, 0) is 22.0 Å². The molecule has 4 heteroatoms. The molecule has 0 aromatic carbocycles. The first-order chi connectivity index (χ1) is 5.24. The molecule has 1 heterocycles. The Morgan fingerprint density at radius 3 is 3.09 bits per heavy atom. The lowest BCUT2D eigenvalue weighted by Crippen LogP contribution is -1.90. The highest BCUT2D eigenvalue weighted by Crippen LogP contribution is 2.13. The monoisotopic (exact) mass is 214 g/mol. The van der Waals surface area contributed by atoms with E-state index in [0.29, 0.717) is 10.0 Å². The zero-order valence-electron chi connectivity index (χ0n) is 5.51. The Bertz CT molecular complexity index is 306. The average Bonchev–Trinajstić information content (AvgIpc) is 1.98. The highest BCUT2D eigenvalue weighted by atomic mass is 79.9. The fraction of sp³-hybridized carbons (Fsp3) is 0.143. The summed E-state index contributed by atoms with van der Waals surface area (Å²) < 4.78 is 13.4. The number of rotatable bonds is 1. The smallest absolute Gasteiger partial charge is 0.244 e. The Balaban J connectivity index is 3.05. The molecule has 0 saturated heterocycles. The molecule has 0 bridgehead atoms. The number of hydrogen-bond donors (Lipinski definition) is 0. The zero-order valence-corrected chi connectivity index (χ0v) is 7.10. The number of nitrogens with zero attached hydrogens (tertiary/aromatic N) is 2. The summed E-state index contributed by atoms with van der Waals surface area (Å²) in [5.74, 6) is -0.566. The standard InChI is InChI=1S/C7H4BrFN2/c1-10-3-5-2-6(8)4-11-7(5)9/h2,4H,3H2. The van der Waals surface area contributed by atoms with E-state index in [2.05, 4.69) is 25.8 Å². The minimum absolute atomic E-state index is 0.0400. The Kier molecular flexibility index (Phi) is 2.55. The van der Waals surface area contributed by atoms with E-state index in [9.17, 15) is 4.39 Å². The van der Waals surface area contributed by atoms with Crippen molar-refractivity contribution in [2.45, 2.75) is 6.54 Å². The second-order valence-electron chi connectivity index (χ2n) is 1.92. The van der Waals surface area contributed by atoms with Crippen molar-refractivity contribution in [2.24, 2.45) is 0 Å². The molecule has 0 aliphatic carbocycles. The molecule has 0 unspecified atom stereocenters. The van der Waals surface area contributed by atoms with Crippen molar-refractivity contribution in [3.63, 3.8) is 0 Å². The lowest BCUT2D eigenvalue weighted by Gasteiger charge is -1.93. The third-order valence-electron chi connectivity index (χ3n) is 1.13. The Labute approximate surface area is 72.0 Å². The molecule has 1 rings (SSSR count). The van der Waals surface area contributed by atoms with Crippen molar-refractivity contribution in [1.82, 2.24) is 4.98 Å². The van der Waals surface area contributed by atoms with Gasteiger partial charge in [-0.1, -0.05) is 0 Å². The van der Waals surface area contributed by atoms with Crippen LogP contribution in [0.1, 0.15) is 5.56 Å². The van der Waals surface area contributed by atoms with Gasteiger partial charge in [0.15, 0.2) is 0 Å². The van der Waals surface area contributed by atoms with Crippen LogP contribution in [0.5, 0.6) is 0 Å². The summed E-state index contributed by atoms with van der Waals surface area (Å²) in [4.78, 5) is 6.50. The van der Waals surface area contributed by atoms with Gasteiger partial charge in [0.25, 0.3) is 0 Å². The first kappa shape index (κ1) is 8.15. The van der Waals surface area contributed by atoms with Gasteiger partial charge in [0.2, 0.25) is 12.5 Å². The topological polar surface area (TPSA) is 17.2 Å². The number of aromatic nitrogens is 1. The maximum absolute atomic E-state index is 12.7. The number of pyridine rings is 1. The molecule has 2 nitrogen and oxygen atoms in total. The van der Waals surface area contributed by atoms with Crippen LogP contribution in [0.4, 0.5) is 4.39 Å². The largest absolute Gasteiger partial charge is 0.312 e. The van der Waals surface area contributed by atoms with Gasteiger partial charge in [-0.3, -0.25) is 0 Å². The van der Waals surface area contributed by atoms with Gasteiger partial charge in [-0.15, -0.1) is 0 Å². The van der Waals surface area contributed by atoms with Gasteiger partial charge < -0.3 is 4.85 Å². The molecular weight excluding hydrogens is 211 g/mol. The van der Waals surface area contributed by atoms with E-state index < -0.39 is 5.95 Å². The van der Waals surface area contributed by atoms with Crippen LogP contribution < -0.4 is 0 Å². The fourth-order valence-electron chi connectivity index (χ4n) is 0.661. The number of hydrogen-bond acceptors (Lipinski definition) is 1. The molecule has 0 N–H and O–H groups in total. The Morgan fingerprint density at radius 2 is 2.45 bits per heavy atom. The van der Waals surface area contributed by atoms with Gasteiger partial charge in [-0.2, -0.15) is 4.39 Å². The summed E-state index contributed by atoms with van der Waals surface area (Å²) in [6, 6.07) is 1.56. The summed E-state index contributed by atoms with van der Waals surface area (Å²) in [7, 11) is 0. The first-order valence-corrected chi connectivity index (χ1v) is 3.66. The molecule has 0 aliphatic rings. The van der Waals surface area contributed by atoms with Crippen LogP contribution in [0, 0.1) is 12.5 Å². The van der Waals surface area contributed by atoms with Crippen LogP contribution in [0.25, 0.3) is 4.85 Å². The maximum atomic E-state index is 12.7. The van der Waals surface area contributed by atoms with Crippen molar-refractivity contribution in [1.29, 1.82) is 0 Å². The van der Waals surface area contributed by atoms with Gasteiger partial charge in [0.05, 0.1) is 5.56 Å². The van der Waals surface area contributed by atoms with Crippen molar-refractivity contribution in [2.75, 3.05) is 0 Å². The highest BCUT2D eigenvalue weighted by Gasteiger charge is 2.05. The normalized spacial score (nSPS) is 9.18. The van der Waals surface area contributed by atoms with Gasteiger partial charge in [0.1, 0.15) is 0 Å². The molecule has 56 valence electrons. The van der Waals surface area contributed by atoms with E-state index in [-0.39, 0.29) is 6.54 Å². The van der Waals surface area contributed by atoms with E-state index in [1.54, 1.807) is 6.07 Å². The van der Waals surface area contributed by atoms with Crippen LogP contribution in [-0.2, 0) is 6.54 Å². The molecule has 0 atom stereocenters. The summed E-state index contributed by atoms with van der Waals surface area (Å²) in [5.41, 5.74) is 0.328. The summed E-state index contributed by atoms with van der Waals surface area (Å²) >= 11 is 3.13. The molecule has 11 heavy (non-hydrogen) atoms. The Morgan fingerprint density at radius 1 is 1.73 bits per heavy atom. The zero-order chi connectivity index (χ0) is 8.27. The molecule has 1 aromatic rings. The van der Waals surface area contributed by atoms with Crippen LogP contribution >= 0.6 is 15.9 Å². The molecular formula is C7H4BrFN2. The van der Waals surface area contributed by atoms with Gasteiger partial charge in [0, 0.05) is 10.7 Å². The lowest BCUT2D eigenvalue weighted by molar-refractivity contribution is 0.570. The van der Waals surface area contributed by atoms with Crippen molar-refractivity contribution in [3.8, 4) is 0 Å². The minimum atomic E-state index is -0.566. The van der Waals surface area contributed by atoms with Crippen molar-refractivity contribution in [3.05, 3.63) is 39.7 Å². The maximum Gasteiger partial charge on any atom is 0.244 e. The third-order valence-corrected chi connectivity index (χ3v) is 1.56. The lowest BCUT2D eigenvalue weighted by atomic mass is 10.3. The van der Waals surface area contributed by atoms with Crippen molar-refractivity contribution >= 4 is 15.9 Å². The molecule has 0 radical (unpaired) electrons. The molecule has 0 aliphatic heterocycles. The number of halogens is 2. The van der Waals surface area contributed by atoms with Gasteiger partial charge in [-0.25, -0.2) is 11.6 Å². The van der Waals surface area contributed by atoms with Crippen molar-refractivity contribution < 1.29 is 4.39 Å². The minimum Gasteiger partial charge on any atom is -0.312 e. The molecule has 1 aromatic heterocycles. The average molecular weight is 215 g/mol. The Hall–Kier alpha value is -0.950. The molecule has 0 spiro atoms. The third kappa shape index (κ3) is 1.99. The van der Waals surface area contributed by atoms with E-state index in [1.807, 2.05) is 0 Å². The summed E-state index contributed by atoms with van der Waals surface area (Å²) in [6.07, 6.45) is 1.36. The fourth-order valence-corrected chi connectivity index (χ4v) is 1.04. The van der Waals surface area contributed by atoms with Crippen LogP contribution in [-0.4, -0.2) is 4.98 Å². The van der Waals surface area contributed by atoms with E-state index >= 15 is 0 Å². The van der Waals surface area contributed by atoms with Crippen LogP contribution in [0.2, 0.25) is 0 Å². The van der Waals surface area contributed by atoms with E-state index in [4.69, 9.17) is 6.57 Å². The second-order valence-corrected chi connectivity index (χ2v) is 2.84. The van der Waals surface area contributed by atoms with Crippen LogP contribution in [0.15, 0.2) is 16.7 Å². The highest BCUT2D eigenvalue weighted by molar-refractivity contribution is 9.10. The molecule has 0 saturated carbocycles. The molecule has 0 fully saturated rings.